The Kier molecular flexibility index (Phi) is 2.98. The first-order valence-corrected chi connectivity index (χ1v) is 5.69. The van der Waals surface area contributed by atoms with Crippen molar-refractivity contribution in [2.24, 2.45) is 0 Å². The van der Waals surface area contributed by atoms with E-state index < -0.39 is 5.60 Å². The zero-order valence-corrected chi connectivity index (χ0v) is 9.76. The van der Waals surface area contributed by atoms with Crippen LogP contribution in [-0.2, 0) is 0 Å². The average Bonchev–Trinajstić information content (AvgIpc) is 2.17. The Hall–Kier alpha value is -0.610. The molecule has 0 amide bonds. The average molecular weight is 275 g/mol. The van der Waals surface area contributed by atoms with E-state index in [1.54, 1.807) is 6.07 Å². The highest BCUT2D eigenvalue weighted by molar-refractivity contribution is 9.10. The van der Waals surface area contributed by atoms with E-state index in [2.05, 4.69) is 15.9 Å². The summed E-state index contributed by atoms with van der Waals surface area (Å²) in [7, 11) is 0. The van der Waals surface area contributed by atoms with Crippen LogP contribution in [0.25, 0.3) is 0 Å². The highest BCUT2D eigenvalue weighted by atomic mass is 79.9. The monoisotopic (exact) mass is 274 g/mol. The van der Waals surface area contributed by atoms with Crippen LogP contribution in [0.4, 0.5) is 4.39 Å². The number of halogens is 2. The number of hydrogen-bond donors (Lipinski definition) is 1. The van der Waals surface area contributed by atoms with Crippen LogP contribution in [0.15, 0.2) is 22.7 Å². The summed E-state index contributed by atoms with van der Waals surface area (Å²) in [6, 6.07) is 4.26. The van der Waals surface area contributed by atoms with Gasteiger partial charge in [0.2, 0.25) is 0 Å². The lowest BCUT2D eigenvalue weighted by Gasteiger charge is -2.36. The van der Waals surface area contributed by atoms with Crippen molar-refractivity contribution in [1.82, 2.24) is 0 Å². The molecule has 1 fully saturated rings. The topological polar surface area (TPSA) is 29.5 Å². The minimum Gasteiger partial charge on any atom is -0.489 e. The lowest BCUT2D eigenvalue weighted by Crippen LogP contribution is -2.42. The molecule has 0 spiro atoms. The lowest BCUT2D eigenvalue weighted by molar-refractivity contribution is -0.0665. The van der Waals surface area contributed by atoms with Crippen molar-refractivity contribution in [3.8, 4) is 5.75 Å². The molecule has 0 saturated heterocycles. The number of aliphatic hydroxyl groups is 1. The summed E-state index contributed by atoms with van der Waals surface area (Å²) in [5.74, 6) is 0.101. The van der Waals surface area contributed by atoms with Crippen molar-refractivity contribution in [3.05, 3.63) is 28.5 Å². The van der Waals surface area contributed by atoms with E-state index in [4.69, 9.17) is 4.74 Å². The molecule has 2 nitrogen and oxygen atoms in total. The van der Waals surface area contributed by atoms with E-state index in [1.165, 1.54) is 12.1 Å². The maximum absolute atomic E-state index is 12.9. The Balaban J connectivity index is 2.01. The summed E-state index contributed by atoms with van der Waals surface area (Å²) in [5.41, 5.74) is -0.703. The molecular formula is C11H12BrFO2. The first-order chi connectivity index (χ1) is 7.09. The molecule has 1 N–H and O–H groups in total. The van der Waals surface area contributed by atoms with Crippen molar-refractivity contribution in [2.75, 3.05) is 6.61 Å². The van der Waals surface area contributed by atoms with E-state index >= 15 is 0 Å². The van der Waals surface area contributed by atoms with Crippen molar-refractivity contribution in [2.45, 2.75) is 24.9 Å². The predicted octanol–water partition coefficient (Wildman–Crippen LogP) is 2.88. The van der Waals surface area contributed by atoms with Gasteiger partial charge in [0.15, 0.2) is 0 Å². The third-order valence-corrected chi connectivity index (χ3v) is 3.33. The zero-order chi connectivity index (χ0) is 10.9. The lowest BCUT2D eigenvalue weighted by atomic mass is 9.81. The smallest absolute Gasteiger partial charge is 0.136 e. The van der Waals surface area contributed by atoms with Crippen molar-refractivity contribution in [3.63, 3.8) is 0 Å². The molecule has 1 aromatic rings. The van der Waals surface area contributed by atoms with Crippen molar-refractivity contribution < 1.29 is 14.2 Å². The van der Waals surface area contributed by atoms with E-state index in [0.29, 0.717) is 10.2 Å². The molecule has 1 aromatic carbocycles. The van der Waals surface area contributed by atoms with Gasteiger partial charge in [0.05, 0.1) is 10.1 Å². The molecular weight excluding hydrogens is 263 g/mol. The Morgan fingerprint density at radius 2 is 2.20 bits per heavy atom. The van der Waals surface area contributed by atoms with Crippen molar-refractivity contribution >= 4 is 15.9 Å². The molecule has 1 saturated carbocycles. The second-order valence-corrected chi connectivity index (χ2v) is 4.80. The fourth-order valence-corrected chi connectivity index (χ4v) is 1.89. The second kappa shape index (κ2) is 4.10. The predicted molar refractivity (Wildman–Crippen MR) is 58.4 cm³/mol. The fraction of sp³-hybridized carbons (Fsp3) is 0.455. The molecule has 0 bridgehead atoms. The maximum Gasteiger partial charge on any atom is 0.136 e. The van der Waals surface area contributed by atoms with Crippen LogP contribution in [0.1, 0.15) is 19.3 Å². The van der Waals surface area contributed by atoms with Crippen LogP contribution in [0.3, 0.4) is 0 Å². The molecule has 4 heteroatoms. The molecule has 82 valence electrons. The van der Waals surface area contributed by atoms with Gasteiger partial charge >= 0.3 is 0 Å². The summed E-state index contributed by atoms with van der Waals surface area (Å²) < 4.78 is 19.0. The molecule has 1 aliphatic carbocycles. The van der Waals surface area contributed by atoms with E-state index in [0.717, 1.165) is 19.3 Å². The first-order valence-electron chi connectivity index (χ1n) is 4.89. The molecule has 0 atom stereocenters. The van der Waals surface area contributed by atoms with Gasteiger partial charge in [0.25, 0.3) is 0 Å². The van der Waals surface area contributed by atoms with Crippen LogP contribution in [0.5, 0.6) is 5.75 Å². The molecule has 0 aliphatic heterocycles. The SMILES string of the molecule is OC1(COc2cc(F)ccc2Br)CCC1. The van der Waals surface area contributed by atoms with E-state index in [9.17, 15) is 9.50 Å². The quantitative estimate of drug-likeness (QED) is 0.919. The summed E-state index contributed by atoms with van der Waals surface area (Å²) in [5, 5.41) is 9.80. The van der Waals surface area contributed by atoms with Gasteiger partial charge in [-0.1, -0.05) is 0 Å². The highest BCUT2D eigenvalue weighted by Crippen LogP contribution is 2.33. The molecule has 0 heterocycles. The zero-order valence-electron chi connectivity index (χ0n) is 8.17. The van der Waals surface area contributed by atoms with Gasteiger partial charge in [-0.3, -0.25) is 0 Å². The first kappa shape index (κ1) is 10.9. The summed E-state index contributed by atoms with van der Waals surface area (Å²) in [6.45, 7) is 0.231. The minimum absolute atomic E-state index is 0.231. The highest BCUT2D eigenvalue weighted by Gasteiger charge is 2.35. The molecule has 2 rings (SSSR count). The number of rotatable bonds is 3. The van der Waals surface area contributed by atoms with E-state index in [1.807, 2.05) is 0 Å². The van der Waals surface area contributed by atoms with Crippen LogP contribution < -0.4 is 4.74 Å². The Morgan fingerprint density at radius 1 is 1.47 bits per heavy atom. The van der Waals surface area contributed by atoms with Crippen LogP contribution in [0.2, 0.25) is 0 Å². The molecule has 15 heavy (non-hydrogen) atoms. The van der Waals surface area contributed by atoms with Crippen molar-refractivity contribution in [1.29, 1.82) is 0 Å². The number of hydrogen-bond acceptors (Lipinski definition) is 2. The van der Waals surface area contributed by atoms with Gasteiger partial charge < -0.3 is 9.84 Å². The Labute approximate surface area is 96.2 Å². The number of benzene rings is 1. The summed E-state index contributed by atoms with van der Waals surface area (Å²) in [6.07, 6.45) is 2.56. The van der Waals surface area contributed by atoms with Gasteiger partial charge in [-0.15, -0.1) is 0 Å². The summed E-state index contributed by atoms with van der Waals surface area (Å²) in [4.78, 5) is 0. The third kappa shape index (κ3) is 2.49. The normalized spacial score (nSPS) is 18.3. The summed E-state index contributed by atoms with van der Waals surface area (Å²) >= 11 is 3.26. The Bertz CT molecular complexity index is 364. The van der Waals surface area contributed by atoms with Gasteiger partial charge in [-0.2, -0.15) is 0 Å². The second-order valence-electron chi connectivity index (χ2n) is 3.94. The molecule has 0 unspecified atom stereocenters. The minimum atomic E-state index is -0.703. The van der Waals surface area contributed by atoms with Crippen LogP contribution in [-0.4, -0.2) is 17.3 Å². The van der Waals surface area contributed by atoms with E-state index in [-0.39, 0.29) is 12.4 Å². The van der Waals surface area contributed by atoms with Gasteiger partial charge in [-0.25, -0.2) is 4.39 Å². The standard InChI is InChI=1S/C11H12BrFO2/c12-9-3-2-8(13)6-10(9)15-7-11(14)4-1-5-11/h2-3,6,14H,1,4-5,7H2. The Morgan fingerprint density at radius 3 is 2.80 bits per heavy atom. The molecule has 0 aromatic heterocycles. The number of ether oxygens (including phenoxy) is 1. The van der Waals surface area contributed by atoms with Crippen LogP contribution in [0, 0.1) is 5.82 Å². The molecule has 0 radical (unpaired) electrons. The maximum atomic E-state index is 12.9. The van der Waals surface area contributed by atoms with Gasteiger partial charge in [-0.05, 0) is 47.3 Å². The molecule has 1 aliphatic rings. The van der Waals surface area contributed by atoms with Crippen LogP contribution >= 0.6 is 15.9 Å². The van der Waals surface area contributed by atoms with Gasteiger partial charge in [0.1, 0.15) is 18.2 Å². The van der Waals surface area contributed by atoms with Gasteiger partial charge in [0, 0.05) is 6.07 Å². The largest absolute Gasteiger partial charge is 0.489 e. The third-order valence-electron chi connectivity index (χ3n) is 2.67. The fourth-order valence-electron chi connectivity index (χ4n) is 1.53.